The van der Waals surface area contributed by atoms with Crippen LogP contribution < -0.4 is 4.72 Å². The van der Waals surface area contributed by atoms with Gasteiger partial charge in [0.2, 0.25) is 10.0 Å². The van der Waals surface area contributed by atoms with E-state index in [1.807, 2.05) is 12.3 Å². The summed E-state index contributed by atoms with van der Waals surface area (Å²) in [6.45, 7) is 2.55. The van der Waals surface area contributed by atoms with Crippen LogP contribution in [0.15, 0.2) is 18.5 Å². The molecule has 0 saturated heterocycles. The molecule has 0 amide bonds. The molecule has 0 bridgehead atoms. The first-order chi connectivity index (χ1) is 13.0. The van der Waals surface area contributed by atoms with Crippen molar-refractivity contribution < 1.29 is 8.42 Å². The fourth-order valence-electron chi connectivity index (χ4n) is 4.32. The Morgan fingerprint density at radius 1 is 1.22 bits per heavy atom. The van der Waals surface area contributed by atoms with E-state index in [2.05, 4.69) is 26.2 Å². The summed E-state index contributed by atoms with van der Waals surface area (Å²) in [7, 11) is -3.24. The molecular formula is C19H25N5O2S. The van der Waals surface area contributed by atoms with Crippen molar-refractivity contribution in [3.63, 3.8) is 0 Å². The molecule has 2 fully saturated rings. The van der Waals surface area contributed by atoms with E-state index in [4.69, 9.17) is 4.98 Å². The lowest BCUT2D eigenvalue weighted by Gasteiger charge is -2.29. The zero-order valence-corrected chi connectivity index (χ0v) is 16.3. The van der Waals surface area contributed by atoms with Gasteiger partial charge in [-0.2, -0.15) is 0 Å². The van der Waals surface area contributed by atoms with E-state index in [1.165, 1.54) is 12.8 Å². The van der Waals surface area contributed by atoms with Crippen molar-refractivity contribution in [3.05, 3.63) is 24.3 Å². The number of aromatic nitrogens is 4. The topological polar surface area (TPSA) is 92.7 Å². The third kappa shape index (κ3) is 3.04. The van der Waals surface area contributed by atoms with Crippen molar-refractivity contribution in [1.29, 1.82) is 0 Å². The Morgan fingerprint density at radius 3 is 2.74 bits per heavy atom. The molecule has 144 valence electrons. The van der Waals surface area contributed by atoms with Gasteiger partial charge in [-0.3, -0.25) is 0 Å². The van der Waals surface area contributed by atoms with E-state index in [0.29, 0.717) is 6.04 Å². The van der Waals surface area contributed by atoms with Gasteiger partial charge in [0.05, 0.1) is 23.5 Å². The van der Waals surface area contributed by atoms with Crippen molar-refractivity contribution in [1.82, 2.24) is 24.2 Å². The zero-order valence-electron chi connectivity index (χ0n) is 15.5. The van der Waals surface area contributed by atoms with Crippen LogP contribution in [-0.2, 0) is 16.6 Å². The lowest BCUT2D eigenvalue weighted by atomic mass is 9.87. The standard InChI is InChI=1S/C19H25N5O2S/c1-12-2-4-13(5-3-12)24-17(11-22-27(25,26)14-6-7-14)23-16-10-21-19-15(18(16)24)8-9-20-19/h8-10,12-14,22H,2-7,11H2,1H3,(H,20,21). The molecule has 2 N–H and O–H groups in total. The van der Waals surface area contributed by atoms with E-state index in [1.54, 1.807) is 6.20 Å². The van der Waals surface area contributed by atoms with E-state index in [0.717, 1.165) is 59.5 Å². The quantitative estimate of drug-likeness (QED) is 0.703. The molecule has 0 atom stereocenters. The number of fused-ring (bicyclic) bond motifs is 3. The van der Waals surface area contributed by atoms with Gasteiger partial charge in [0.25, 0.3) is 0 Å². The monoisotopic (exact) mass is 387 g/mol. The summed E-state index contributed by atoms with van der Waals surface area (Å²) < 4.78 is 29.7. The summed E-state index contributed by atoms with van der Waals surface area (Å²) in [5.74, 6) is 1.55. The van der Waals surface area contributed by atoms with Crippen molar-refractivity contribution >= 4 is 32.1 Å². The highest BCUT2D eigenvalue weighted by molar-refractivity contribution is 7.90. The van der Waals surface area contributed by atoms with Crippen molar-refractivity contribution in [3.8, 4) is 0 Å². The molecule has 0 spiro atoms. The molecule has 27 heavy (non-hydrogen) atoms. The number of hydrogen-bond donors (Lipinski definition) is 2. The number of rotatable bonds is 5. The SMILES string of the molecule is CC1CCC(n2c(CNS(=O)(=O)C3CC3)nc3cnc4[nH]ccc4c32)CC1. The fraction of sp³-hybridized carbons (Fsp3) is 0.579. The number of aromatic amines is 1. The van der Waals surface area contributed by atoms with Crippen LogP contribution in [-0.4, -0.2) is 33.2 Å². The molecule has 0 radical (unpaired) electrons. The summed E-state index contributed by atoms with van der Waals surface area (Å²) in [4.78, 5) is 12.4. The molecule has 7 nitrogen and oxygen atoms in total. The number of imidazole rings is 1. The molecule has 2 aliphatic carbocycles. The highest BCUT2D eigenvalue weighted by atomic mass is 32.2. The number of H-pyrrole nitrogens is 1. The number of nitrogens with zero attached hydrogens (tertiary/aromatic N) is 3. The Bertz CT molecular complexity index is 1090. The molecule has 0 aromatic carbocycles. The van der Waals surface area contributed by atoms with Crippen LogP contribution in [0.1, 0.15) is 57.3 Å². The molecule has 0 aliphatic heterocycles. The highest BCUT2D eigenvalue weighted by Crippen LogP contribution is 2.37. The Hall–Kier alpha value is -1.93. The third-order valence-corrected chi connectivity index (χ3v) is 7.95. The largest absolute Gasteiger partial charge is 0.346 e. The van der Waals surface area contributed by atoms with Crippen LogP contribution in [0, 0.1) is 5.92 Å². The average molecular weight is 388 g/mol. The average Bonchev–Trinajstić information content (AvgIpc) is 3.30. The first-order valence-electron chi connectivity index (χ1n) is 9.84. The first-order valence-corrected chi connectivity index (χ1v) is 11.4. The normalized spacial score (nSPS) is 24.0. The molecular weight excluding hydrogens is 362 g/mol. The van der Waals surface area contributed by atoms with Crippen LogP contribution >= 0.6 is 0 Å². The maximum atomic E-state index is 12.3. The molecule has 2 saturated carbocycles. The number of pyridine rings is 1. The van der Waals surface area contributed by atoms with Crippen LogP contribution in [0.4, 0.5) is 0 Å². The van der Waals surface area contributed by atoms with Crippen molar-refractivity contribution in [2.45, 2.75) is 63.3 Å². The molecule has 5 rings (SSSR count). The summed E-state index contributed by atoms with van der Waals surface area (Å²) in [5.41, 5.74) is 2.75. The molecule has 2 aliphatic rings. The van der Waals surface area contributed by atoms with E-state index in [-0.39, 0.29) is 11.8 Å². The van der Waals surface area contributed by atoms with Gasteiger partial charge < -0.3 is 9.55 Å². The van der Waals surface area contributed by atoms with E-state index in [9.17, 15) is 8.42 Å². The third-order valence-electron chi connectivity index (χ3n) is 6.05. The Morgan fingerprint density at radius 2 is 2.00 bits per heavy atom. The second-order valence-electron chi connectivity index (χ2n) is 8.11. The minimum absolute atomic E-state index is 0.219. The van der Waals surface area contributed by atoms with Crippen LogP contribution in [0.3, 0.4) is 0 Å². The van der Waals surface area contributed by atoms with Crippen LogP contribution in [0.25, 0.3) is 22.1 Å². The van der Waals surface area contributed by atoms with E-state index >= 15 is 0 Å². The predicted molar refractivity (Wildman–Crippen MR) is 105 cm³/mol. The maximum absolute atomic E-state index is 12.3. The van der Waals surface area contributed by atoms with Crippen LogP contribution in [0.5, 0.6) is 0 Å². The minimum atomic E-state index is -3.24. The predicted octanol–water partition coefficient (Wildman–Crippen LogP) is 3.25. The van der Waals surface area contributed by atoms with Crippen LogP contribution in [0.2, 0.25) is 0 Å². The Kier molecular flexibility index (Phi) is 4.01. The first kappa shape index (κ1) is 17.2. The summed E-state index contributed by atoms with van der Waals surface area (Å²) in [6, 6.07) is 2.39. The molecule has 3 heterocycles. The van der Waals surface area contributed by atoms with Gasteiger partial charge in [0.15, 0.2) is 0 Å². The van der Waals surface area contributed by atoms with Crippen molar-refractivity contribution in [2.24, 2.45) is 5.92 Å². The maximum Gasteiger partial charge on any atom is 0.214 e. The van der Waals surface area contributed by atoms with Crippen molar-refractivity contribution in [2.75, 3.05) is 0 Å². The van der Waals surface area contributed by atoms with E-state index < -0.39 is 10.0 Å². The fourth-order valence-corrected chi connectivity index (χ4v) is 5.64. The van der Waals surface area contributed by atoms with Gasteiger partial charge in [0.1, 0.15) is 17.0 Å². The lowest BCUT2D eigenvalue weighted by Crippen LogP contribution is -2.29. The second kappa shape index (κ2) is 6.31. The molecule has 8 heteroatoms. The highest BCUT2D eigenvalue weighted by Gasteiger charge is 2.36. The van der Waals surface area contributed by atoms with Gasteiger partial charge >= 0.3 is 0 Å². The lowest BCUT2D eigenvalue weighted by molar-refractivity contribution is 0.289. The smallest absolute Gasteiger partial charge is 0.214 e. The molecule has 0 unspecified atom stereocenters. The Labute approximate surface area is 158 Å². The summed E-state index contributed by atoms with van der Waals surface area (Å²) >= 11 is 0. The zero-order chi connectivity index (χ0) is 18.6. The molecule has 3 aromatic heterocycles. The number of nitrogens with one attached hydrogen (secondary N) is 2. The molecule has 3 aromatic rings. The second-order valence-corrected chi connectivity index (χ2v) is 10.2. The number of hydrogen-bond acceptors (Lipinski definition) is 4. The summed E-state index contributed by atoms with van der Waals surface area (Å²) in [6.07, 6.45) is 9.80. The van der Waals surface area contributed by atoms with Gasteiger partial charge in [-0.15, -0.1) is 0 Å². The minimum Gasteiger partial charge on any atom is -0.346 e. The number of sulfonamides is 1. The van der Waals surface area contributed by atoms with Gasteiger partial charge in [-0.25, -0.2) is 23.1 Å². The Balaban J connectivity index is 1.59. The van der Waals surface area contributed by atoms with Gasteiger partial charge in [0, 0.05) is 17.6 Å². The van der Waals surface area contributed by atoms with Gasteiger partial charge in [-0.05, 0) is 50.5 Å². The van der Waals surface area contributed by atoms with Gasteiger partial charge in [-0.1, -0.05) is 6.92 Å². The summed E-state index contributed by atoms with van der Waals surface area (Å²) in [5, 5.41) is 0.832.